The first-order valence-electron chi connectivity index (χ1n) is 9.08. The first kappa shape index (κ1) is 21.4. The van der Waals surface area contributed by atoms with Crippen LogP contribution in [-0.2, 0) is 9.53 Å². The summed E-state index contributed by atoms with van der Waals surface area (Å²) in [5.74, 6) is -0.571. The molecule has 2 heterocycles. The number of hydrogen-bond donors (Lipinski definition) is 1. The number of carbonyl (C=O) groups is 1. The fourth-order valence-electron chi connectivity index (χ4n) is 2.99. The Morgan fingerprint density at radius 1 is 1.24 bits per heavy atom. The van der Waals surface area contributed by atoms with Gasteiger partial charge in [-0.05, 0) is 35.2 Å². The molecule has 1 aromatic carbocycles. The first-order chi connectivity index (χ1) is 13.9. The van der Waals surface area contributed by atoms with E-state index in [1.165, 1.54) is 35.2 Å². The van der Waals surface area contributed by atoms with Crippen LogP contribution in [0.2, 0.25) is 0 Å². The molecule has 1 fully saturated rings. The van der Waals surface area contributed by atoms with E-state index in [9.17, 15) is 18.0 Å². The molecule has 0 spiro atoms. The summed E-state index contributed by atoms with van der Waals surface area (Å²) >= 11 is 1.65. The molecule has 1 saturated heterocycles. The molecule has 29 heavy (non-hydrogen) atoms. The maximum atomic E-state index is 12.2. The van der Waals surface area contributed by atoms with Crippen molar-refractivity contribution in [3.05, 3.63) is 58.3 Å². The normalized spacial score (nSPS) is 16.7. The monoisotopic (exact) mass is 426 g/mol. The highest BCUT2D eigenvalue weighted by Crippen LogP contribution is 2.25. The number of rotatable bonds is 7. The molecule has 1 atom stereocenters. The van der Waals surface area contributed by atoms with Gasteiger partial charge in [-0.25, -0.2) is 0 Å². The van der Waals surface area contributed by atoms with Gasteiger partial charge in [-0.1, -0.05) is 18.2 Å². The smallest absolute Gasteiger partial charge is 0.406 e. The van der Waals surface area contributed by atoms with Crippen molar-refractivity contribution >= 4 is 23.3 Å². The predicted octanol–water partition coefficient (Wildman–Crippen LogP) is 3.85. The van der Waals surface area contributed by atoms with E-state index in [1.807, 2.05) is 11.4 Å². The number of benzene rings is 1. The van der Waals surface area contributed by atoms with Crippen molar-refractivity contribution in [2.75, 3.05) is 32.8 Å². The van der Waals surface area contributed by atoms with Gasteiger partial charge in [-0.15, -0.1) is 24.5 Å². The van der Waals surface area contributed by atoms with E-state index in [2.05, 4.69) is 21.0 Å². The minimum atomic E-state index is -4.73. The van der Waals surface area contributed by atoms with Gasteiger partial charge in [0.15, 0.2) is 0 Å². The van der Waals surface area contributed by atoms with Crippen molar-refractivity contribution in [3.63, 3.8) is 0 Å². The lowest BCUT2D eigenvalue weighted by molar-refractivity contribution is -0.274. The fraction of sp³-hybridized carbons (Fsp3) is 0.350. The number of morpholine rings is 1. The summed E-state index contributed by atoms with van der Waals surface area (Å²) in [6, 6.07) is 9.43. The van der Waals surface area contributed by atoms with Crippen LogP contribution in [-0.4, -0.2) is 50.0 Å². The molecule has 3 rings (SSSR count). The second kappa shape index (κ2) is 9.91. The molecular formula is C20H21F3N2O3S. The van der Waals surface area contributed by atoms with Crippen LogP contribution in [0.4, 0.5) is 13.2 Å². The molecule has 1 amide bonds. The van der Waals surface area contributed by atoms with E-state index >= 15 is 0 Å². The molecule has 1 aliphatic rings. The Labute approximate surface area is 170 Å². The Balaban J connectivity index is 1.55. The van der Waals surface area contributed by atoms with E-state index in [1.54, 1.807) is 17.4 Å². The predicted molar refractivity (Wildman–Crippen MR) is 105 cm³/mol. The van der Waals surface area contributed by atoms with Crippen molar-refractivity contribution in [3.8, 4) is 5.75 Å². The zero-order chi connectivity index (χ0) is 20.7. The molecule has 9 heteroatoms. The highest BCUT2D eigenvalue weighted by atomic mass is 32.1. The Morgan fingerprint density at radius 3 is 2.59 bits per heavy atom. The zero-order valence-corrected chi connectivity index (χ0v) is 16.3. The number of nitrogens with zero attached hydrogens (tertiary/aromatic N) is 1. The van der Waals surface area contributed by atoms with E-state index in [-0.39, 0.29) is 17.7 Å². The number of ether oxygens (including phenoxy) is 2. The molecule has 156 valence electrons. The number of thiophene rings is 1. The van der Waals surface area contributed by atoms with Gasteiger partial charge in [0.25, 0.3) is 0 Å². The molecule has 5 nitrogen and oxygen atoms in total. The van der Waals surface area contributed by atoms with Crippen molar-refractivity contribution in [2.45, 2.75) is 12.4 Å². The molecule has 1 unspecified atom stereocenters. The lowest BCUT2D eigenvalue weighted by Crippen LogP contribution is -2.43. The first-order valence-corrected chi connectivity index (χ1v) is 9.95. The Hall–Kier alpha value is -2.36. The maximum absolute atomic E-state index is 12.2. The maximum Gasteiger partial charge on any atom is 0.573 e. The number of carbonyl (C=O) groups excluding carboxylic acids is 1. The van der Waals surface area contributed by atoms with Gasteiger partial charge in [0.05, 0.1) is 19.3 Å². The second-order valence-electron chi connectivity index (χ2n) is 6.37. The van der Waals surface area contributed by atoms with Crippen molar-refractivity contribution < 1.29 is 27.4 Å². The zero-order valence-electron chi connectivity index (χ0n) is 15.5. The highest BCUT2D eigenvalue weighted by Gasteiger charge is 2.30. The summed E-state index contributed by atoms with van der Waals surface area (Å²) in [4.78, 5) is 15.7. The summed E-state index contributed by atoms with van der Waals surface area (Å²) in [5, 5.41) is 4.92. The molecule has 0 bridgehead atoms. The van der Waals surface area contributed by atoms with E-state index in [0.717, 1.165) is 13.1 Å². The van der Waals surface area contributed by atoms with Crippen LogP contribution in [0.5, 0.6) is 5.75 Å². The van der Waals surface area contributed by atoms with Crippen LogP contribution in [0.3, 0.4) is 0 Å². The van der Waals surface area contributed by atoms with E-state index < -0.39 is 6.36 Å². The second-order valence-corrected chi connectivity index (χ2v) is 7.35. The Kier molecular flexibility index (Phi) is 7.29. The topological polar surface area (TPSA) is 50.8 Å². The van der Waals surface area contributed by atoms with Crippen molar-refractivity contribution in [1.29, 1.82) is 0 Å². The van der Waals surface area contributed by atoms with Crippen LogP contribution in [0.25, 0.3) is 6.08 Å². The fourth-order valence-corrected chi connectivity index (χ4v) is 3.85. The molecule has 1 aliphatic heterocycles. The van der Waals surface area contributed by atoms with Gasteiger partial charge < -0.3 is 14.8 Å². The molecule has 0 saturated carbocycles. The van der Waals surface area contributed by atoms with Gasteiger partial charge in [0.2, 0.25) is 5.91 Å². The lowest BCUT2D eigenvalue weighted by Gasteiger charge is -2.34. The Bertz CT molecular complexity index is 801. The minimum Gasteiger partial charge on any atom is -0.406 e. The molecule has 0 radical (unpaired) electrons. The van der Waals surface area contributed by atoms with E-state index in [0.29, 0.717) is 25.3 Å². The third kappa shape index (κ3) is 6.88. The molecule has 1 aromatic heterocycles. The summed E-state index contributed by atoms with van der Waals surface area (Å²) in [7, 11) is 0. The van der Waals surface area contributed by atoms with Crippen LogP contribution in [0.1, 0.15) is 16.5 Å². The van der Waals surface area contributed by atoms with Gasteiger partial charge in [0, 0.05) is 30.6 Å². The van der Waals surface area contributed by atoms with Gasteiger partial charge in [0.1, 0.15) is 5.75 Å². The van der Waals surface area contributed by atoms with Crippen molar-refractivity contribution in [1.82, 2.24) is 10.2 Å². The summed E-state index contributed by atoms with van der Waals surface area (Å²) in [6.07, 6.45) is -1.82. The largest absolute Gasteiger partial charge is 0.573 e. The number of alkyl halides is 3. The third-order valence-corrected chi connectivity index (χ3v) is 5.34. The van der Waals surface area contributed by atoms with Crippen LogP contribution >= 0.6 is 11.3 Å². The summed E-state index contributed by atoms with van der Waals surface area (Å²) in [5.41, 5.74) is 0.595. The number of hydrogen-bond acceptors (Lipinski definition) is 5. The van der Waals surface area contributed by atoms with Gasteiger partial charge in [-0.3, -0.25) is 9.69 Å². The van der Waals surface area contributed by atoms with E-state index in [4.69, 9.17) is 4.74 Å². The lowest BCUT2D eigenvalue weighted by atomic mass is 10.1. The Morgan fingerprint density at radius 2 is 1.97 bits per heavy atom. The average molecular weight is 426 g/mol. The van der Waals surface area contributed by atoms with Crippen LogP contribution in [0.15, 0.2) is 47.9 Å². The summed E-state index contributed by atoms with van der Waals surface area (Å²) in [6.45, 7) is 3.41. The number of halogens is 3. The van der Waals surface area contributed by atoms with Gasteiger partial charge in [-0.2, -0.15) is 0 Å². The molecule has 1 N–H and O–H groups in total. The summed E-state index contributed by atoms with van der Waals surface area (Å²) < 4.78 is 45.8. The minimum absolute atomic E-state index is 0.0788. The standard InChI is InChI=1S/C20H21F3N2O3S/c21-20(22,23)28-16-6-3-15(4-7-16)5-8-19(26)24-14-17(18-2-1-13-29-18)25-9-11-27-12-10-25/h1-8,13,17H,9-12,14H2,(H,24,26)/b8-5+. The third-order valence-electron chi connectivity index (χ3n) is 4.37. The SMILES string of the molecule is O=C(/C=C/c1ccc(OC(F)(F)F)cc1)NCC(c1cccs1)N1CCOCC1. The number of amides is 1. The molecule has 0 aliphatic carbocycles. The molecular weight excluding hydrogens is 405 g/mol. The average Bonchev–Trinajstić information content (AvgIpc) is 3.22. The van der Waals surface area contributed by atoms with Gasteiger partial charge >= 0.3 is 6.36 Å². The number of nitrogens with one attached hydrogen (secondary N) is 1. The van der Waals surface area contributed by atoms with Crippen LogP contribution < -0.4 is 10.1 Å². The molecule has 2 aromatic rings. The highest BCUT2D eigenvalue weighted by molar-refractivity contribution is 7.10. The van der Waals surface area contributed by atoms with Crippen LogP contribution in [0, 0.1) is 0 Å². The quantitative estimate of drug-likeness (QED) is 0.684. The van der Waals surface area contributed by atoms with Crippen molar-refractivity contribution in [2.24, 2.45) is 0 Å².